The van der Waals surface area contributed by atoms with E-state index in [-0.39, 0.29) is 24.7 Å². The van der Waals surface area contributed by atoms with E-state index in [4.69, 9.17) is 5.26 Å². The average Bonchev–Trinajstić information content (AvgIpc) is 3.53. The molecule has 1 unspecified atom stereocenters. The second-order valence-corrected chi connectivity index (χ2v) is 17.8. The highest BCUT2D eigenvalue weighted by atomic mass is 19.4. The van der Waals surface area contributed by atoms with Crippen LogP contribution in [0.3, 0.4) is 0 Å². The number of piperazine rings is 1. The lowest BCUT2D eigenvalue weighted by atomic mass is 9.92. The largest absolute Gasteiger partial charge is 0.417 e. The number of alkyl halides is 3. The molecule has 2 aromatic carbocycles. The number of piperidine rings is 3. The van der Waals surface area contributed by atoms with Gasteiger partial charge in [-0.2, -0.15) is 18.4 Å². The van der Waals surface area contributed by atoms with Crippen molar-refractivity contribution >= 4 is 52.4 Å². The zero-order valence-corrected chi connectivity index (χ0v) is 35.5. The number of nitrogens with zero attached hydrogens (tertiary/aromatic N) is 8. The summed E-state index contributed by atoms with van der Waals surface area (Å²) in [6, 6.07) is 14.0. The summed E-state index contributed by atoms with van der Waals surface area (Å²) in [5.41, 5.74) is 1.54. The maximum Gasteiger partial charge on any atom is 0.417 e. The second kappa shape index (κ2) is 17.8. The van der Waals surface area contributed by atoms with E-state index in [1.165, 1.54) is 18.6 Å². The fourth-order valence-corrected chi connectivity index (χ4v) is 10.1. The first-order chi connectivity index (χ1) is 30.8. The predicted octanol–water partition coefficient (Wildman–Crippen LogP) is 4.34. The molecule has 64 heavy (non-hydrogen) atoms. The van der Waals surface area contributed by atoms with E-state index in [1.807, 2.05) is 23.1 Å². The van der Waals surface area contributed by atoms with Crippen molar-refractivity contribution in [2.45, 2.75) is 63.2 Å². The van der Waals surface area contributed by atoms with Crippen LogP contribution < -0.4 is 25.3 Å². The van der Waals surface area contributed by atoms with Crippen LogP contribution in [-0.4, -0.2) is 133 Å². The molecule has 3 aromatic rings. The van der Waals surface area contributed by atoms with E-state index in [1.54, 1.807) is 24.4 Å². The van der Waals surface area contributed by atoms with Gasteiger partial charge in [-0.1, -0.05) is 0 Å². The predicted molar refractivity (Wildman–Crippen MR) is 231 cm³/mol. The van der Waals surface area contributed by atoms with Crippen LogP contribution in [0.25, 0.3) is 0 Å². The molecule has 5 saturated heterocycles. The van der Waals surface area contributed by atoms with Gasteiger partial charge in [-0.3, -0.25) is 39.1 Å². The summed E-state index contributed by atoms with van der Waals surface area (Å²) < 4.78 is 40.4. The van der Waals surface area contributed by atoms with E-state index in [9.17, 15) is 37.1 Å². The molecule has 0 spiro atoms. The number of hydrogen-bond acceptors (Lipinski definition) is 12. The monoisotopic (exact) mass is 880 g/mol. The topological polar surface area (TPSA) is 166 Å². The molecule has 0 aliphatic carbocycles. The maximum absolute atomic E-state index is 13.5. The fraction of sp³-hybridized carbons (Fsp3) is 0.500. The lowest BCUT2D eigenvalue weighted by molar-refractivity contribution is -0.138. The Kier molecular flexibility index (Phi) is 12.0. The normalized spacial score (nSPS) is 22.1. The SMILES string of the molecule is N#Cc1ccc(N2CCC(C(=O)Nc3ccc(N4CCC(CCN5CC(N6CCN(c7ccc8c(c7)C(=O)N(C7CCC(=O)NC7=O)C8=O)CC6)C5)CC4)cn3)CC2)cc1C(F)(F)F. The van der Waals surface area contributed by atoms with Crippen molar-refractivity contribution in [2.75, 3.05) is 92.0 Å². The Morgan fingerprint density at radius 3 is 2.09 bits per heavy atom. The third kappa shape index (κ3) is 8.87. The molecule has 18 heteroatoms. The Hall–Kier alpha value is -6.06. The first kappa shape index (κ1) is 43.2. The van der Waals surface area contributed by atoms with Crippen molar-refractivity contribution in [3.8, 4) is 6.07 Å². The lowest BCUT2D eigenvalue weighted by Gasteiger charge is -2.49. The van der Waals surface area contributed by atoms with Crippen molar-refractivity contribution in [3.05, 3.63) is 77.0 Å². The van der Waals surface area contributed by atoms with Crippen LogP contribution in [0, 0.1) is 23.2 Å². The minimum Gasteiger partial charge on any atom is -0.371 e. The summed E-state index contributed by atoms with van der Waals surface area (Å²) in [4.78, 5) is 80.6. The molecular formula is C46H51F3N10O5. The molecule has 0 bridgehead atoms. The maximum atomic E-state index is 13.5. The Morgan fingerprint density at radius 1 is 0.781 bits per heavy atom. The molecule has 5 amide bonds. The van der Waals surface area contributed by atoms with Gasteiger partial charge in [0.05, 0.1) is 40.2 Å². The first-order valence-electron chi connectivity index (χ1n) is 22.3. The summed E-state index contributed by atoms with van der Waals surface area (Å²) in [5.74, 6) is -1.30. The molecule has 1 aromatic heterocycles. The third-order valence-electron chi connectivity index (χ3n) is 14.0. The number of rotatable bonds is 10. The van der Waals surface area contributed by atoms with Crippen molar-refractivity contribution < 1.29 is 37.1 Å². The van der Waals surface area contributed by atoms with Gasteiger partial charge < -0.3 is 24.9 Å². The lowest BCUT2D eigenvalue weighted by Crippen LogP contribution is -2.63. The van der Waals surface area contributed by atoms with Crippen molar-refractivity contribution in [1.82, 2.24) is 25.0 Å². The van der Waals surface area contributed by atoms with Gasteiger partial charge in [-0.05, 0) is 99.5 Å². The average molecular weight is 881 g/mol. The number of anilines is 4. The van der Waals surface area contributed by atoms with E-state index < -0.39 is 47.0 Å². The fourth-order valence-electron chi connectivity index (χ4n) is 10.1. The van der Waals surface area contributed by atoms with Crippen molar-refractivity contribution in [3.63, 3.8) is 0 Å². The van der Waals surface area contributed by atoms with Gasteiger partial charge in [0.15, 0.2) is 0 Å². The van der Waals surface area contributed by atoms with Crippen LogP contribution in [0.15, 0.2) is 54.7 Å². The van der Waals surface area contributed by atoms with Gasteiger partial charge in [-0.15, -0.1) is 0 Å². The van der Waals surface area contributed by atoms with Gasteiger partial charge >= 0.3 is 6.18 Å². The molecule has 7 heterocycles. The number of nitriles is 1. The van der Waals surface area contributed by atoms with E-state index in [2.05, 4.69) is 35.2 Å². The number of carbonyl (C=O) groups is 5. The number of aromatic nitrogens is 1. The number of benzene rings is 2. The molecule has 0 saturated carbocycles. The highest BCUT2D eigenvalue weighted by Crippen LogP contribution is 2.36. The number of fused-ring (bicyclic) bond motifs is 1. The number of hydrogen-bond donors (Lipinski definition) is 2. The van der Waals surface area contributed by atoms with Gasteiger partial charge in [0, 0.05) is 95.2 Å². The molecule has 6 aliphatic heterocycles. The summed E-state index contributed by atoms with van der Waals surface area (Å²) in [5, 5.41) is 14.3. The number of pyridine rings is 1. The first-order valence-corrected chi connectivity index (χ1v) is 22.3. The molecule has 2 N–H and O–H groups in total. The third-order valence-corrected chi connectivity index (χ3v) is 14.0. The van der Waals surface area contributed by atoms with Gasteiger partial charge in [0.2, 0.25) is 17.7 Å². The van der Waals surface area contributed by atoms with Gasteiger partial charge in [-0.25, -0.2) is 4.98 Å². The standard InChI is InChI=1S/C46H51F3N10O5/c47-46(48,49)38-24-33(2-1-31(38)25-50)55-17-12-30(13-18-55)42(61)52-40-7-4-34(26-51-40)56-15-10-29(11-16-56)9-14-54-27-35(28-54)58-21-19-57(20-22-58)32-3-5-36-37(23-32)45(64)59(44(36)63)39-6-8-41(60)53-43(39)62/h1-5,7,23-24,26,29-30,35,39H,6,8-22,27-28H2,(H,51,52,61)(H,53,60,62). The Balaban J connectivity index is 0.661. The molecule has 5 fully saturated rings. The van der Waals surface area contributed by atoms with Crippen LogP contribution in [0.4, 0.5) is 36.1 Å². The van der Waals surface area contributed by atoms with E-state index in [0.717, 1.165) is 94.1 Å². The summed E-state index contributed by atoms with van der Waals surface area (Å²) in [6.07, 6.45) is 1.75. The second-order valence-electron chi connectivity index (χ2n) is 17.8. The van der Waals surface area contributed by atoms with Crippen LogP contribution in [0.1, 0.15) is 76.8 Å². The highest BCUT2D eigenvalue weighted by Gasteiger charge is 2.45. The Bertz CT molecular complexity index is 2340. The molecule has 9 rings (SSSR count). The zero-order chi connectivity index (χ0) is 44.7. The molecule has 0 radical (unpaired) electrons. The molecule has 6 aliphatic rings. The number of amides is 5. The number of imide groups is 2. The quantitative estimate of drug-likeness (QED) is 0.278. The van der Waals surface area contributed by atoms with Crippen LogP contribution in [0.5, 0.6) is 0 Å². The van der Waals surface area contributed by atoms with E-state index >= 15 is 0 Å². The minimum absolute atomic E-state index is 0.0868. The highest BCUT2D eigenvalue weighted by molar-refractivity contribution is 6.23. The summed E-state index contributed by atoms with van der Waals surface area (Å²) >= 11 is 0. The van der Waals surface area contributed by atoms with Crippen LogP contribution in [-0.2, 0) is 20.6 Å². The summed E-state index contributed by atoms with van der Waals surface area (Å²) in [6.45, 7) is 9.38. The van der Waals surface area contributed by atoms with Crippen molar-refractivity contribution in [2.24, 2.45) is 11.8 Å². The molecule has 336 valence electrons. The van der Waals surface area contributed by atoms with Crippen LogP contribution in [0.2, 0.25) is 0 Å². The zero-order valence-electron chi connectivity index (χ0n) is 35.5. The van der Waals surface area contributed by atoms with Crippen LogP contribution >= 0.6 is 0 Å². The van der Waals surface area contributed by atoms with Gasteiger partial charge in [0.25, 0.3) is 11.8 Å². The Morgan fingerprint density at radius 2 is 1.42 bits per heavy atom. The van der Waals surface area contributed by atoms with Gasteiger partial charge in [0.1, 0.15) is 11.9 Å². The summed E-state index contributed by atoms with van der Waals surface area (Å²) in [7, 11) is 0. The minimum atomic E-state index is -4.62. The number of likely N-dealkylation sites (tertiary alicyclic amines) is 1. The number of halogens is 3. The molecule has 1 atom stereocenters. The molecular weight excluding hydrogens is 830 g/mol. The Labute approximate surface area is 369 Å². The van der Waals surface area contributed by atoms with E-state index in [0.29, 0.717) is 60.5 Å². The number of nitrogens with one attached hydrogen (secondary N) is 2. The smallest absolute Gasteiger partial charge is 0.371 e. The van der Waals surface area contributed by atoms with Crippen molar-refractivity contribution in [1.29, 1.82) is 5.26 Å². The number of carbonyl (C=O) groups excluding carboxylic acids is 5. The molecule has 15 nitrogen and oxygen atoms in total.